The highest BCUT2D eigenvalue weighted by atomic mass is 16.4. The summed E-state index contributed by atoms with van der Waals surface area (Å²) in [5.41, 5.74) is -0.547. The summed E-state index contributed by atoms with van der Waals surface area (Å²) in [4.78, 5) is 24.6. The molecule has 0 aromatic rings. The van der Waals surface area contributed by atoms with Crippen molar-refractivity contribution >= 4 is 11.9 Å². The summed E-state index contributed by atoms with van der Waals surface area (Å²) in [5.74, 6) is -0.632. The van der Waals surface area contributed by atoms with E-state index in [9.17, 15) is 14.7 Å². The van der Waals surface area contributed by atoms with E-state index in [0.29, 0.717) is 12.5 Å². The van der Waals surface area contributed by atoms with Crippen molar-refractivity contribution in [3.8, 4) is 0 Å². The Morgan fingerprint density at radius 2 is 1.94 bits per heavy atom. The van der Waals surface area contributed by atoms with Gasteiger partial charge in [-0.05, 0) is 17.8 Å². The Labute approximate surface area is 108 Å². The second kappa shape index (κ2) is 5.69. The molecule has 1 rings (SSSR count). The van der Waals surface area contributed by atoms with Crippen LogP contribution >= 0.6 is 0 Å². The van der Waals surface area contributed by atoms with Crippen LogP contribution in [0.5, 0.6) is 0 Å². The van der Waals surface area contributed by atoms with Gasteiger partial charge in [0.1, 0.15) is 0 Å². The van der Waals surface area contributed by atoms with Gasteiger partial charge < -0.3 is 15.1 Å². The van der Waals surface area contributed by atoms with Gasteiger partial charge in [0.15, 0.2) is 0 Å². The van der Waals surface area contributed by atoms with E-state index in [2.05, 4.69) is 0 Å². The van der Waals surface area contributed by atoms with Gasteiger partial charge in [0.2, 0.25) is 5.91 Å². The van der Waals surface area contributed by atoms with Crippen molar-refractivity contribution < 1.29 is 19.8 Å². The lowest BCUT2D eigenvalue weighted by Gasteiger charge is -2.29. The number of hydrogen-bond donors (Lipinski definition) is 2. The summed E-state index contributed by atoms with van der Waals surface area (Å²) in [7, 11) is 0. The number of aliphatic hydroxyl groups is 1. The number of likely N-dealkylation sites (tertiary alicyclic amines) is 1. The summed E-state index contributed by atoms with van der Waals surface area (Å²) in [6.07, 6.45) is 1.09. The number of rotatable bonds is 5. The number of aliphatic hydroxyl groups excluding tert-OH is 1. The maximum Gasteiger partial charge on any atom is 0.303 e. The molecule has 0 radical (unpaired) electrons. The maximum atomic E-state index is 12.2. The molecule has 1 amide bonds. The van der Waals surface area contributed by atoms with Gasteiger partial charge in [-0.15, -0.1) is 0 Å². The fraction of sp³-hybridized carbons (Fsp3) is 0.846. The zero-order valence-electron chi connectivity index (χ0n) is 11.3. The number of carboxylic acid groups (broad SMARTS) is 1. The van der Waals surface area contributed by atoms with Crippen LogP contribution in [0.15, 0.2) is 0 Å². The van der Waals surface area contributed by atoms with E-state index in [0.717, 1.165) is 6.42 Å². The number of carboxylic acids is 1. The van der Waals surface area contributed by atoms with Crippen LogP contribution in [0.2, 0.25) is 0 Å². The first-order chi connectivity index (χ1) is 8.26. The van der Waals surface area contributed by atoms with Crippen molar-refractivity contribution in [1.29, 1.82) is 0 Å². The third-order valence-electron chi connectivity index (χ3n) is 3.65. The summed E-state index contributed by atoms with van der Waals surface area (Å²) < 4.78 is 0. The molecule has 1 aliphatic rings. The molecule has 1 heterocycles. The molecule has 2 atom stereocenters. The molecule has 0 aromatic carbocycles. The van der Waals surface area contributed by atoms with Gasteiger partial charge in [0, 0.05) is 13.0 Å². The van der Waals surface area contributed by atoms with E-state index >= 15 is 0 Å². The maximum absolute atomic E-state index is 12.2. The van der Waals surface area contributed by atoms with Gasteiger partial charge >= 0.3 is 5.97 Å². The van der Waals surface area contributed by atoms with Crippen LogP contribution in [0.1, 0.15) is 40.0 Å². The topological polar surface area (TPSA) is 77.8 Å². The molecule has 0 bridgehead atoms. The number of hydrogen-bond acceptors (Lipinski definition) is 3. The molecule has 2 N–H and O–H groups in total. The van der Waals surface area contributed by atoms with Crippen LogP contribution in [-0.2, 0) is 9.59 Å². The Morgan fingerprint density at radius 3 is 2.44 bits per heavy atom. The molecular formula is C13H23NO4. The zero-order chi connectivity index (χ0) is 13.9. The van der Waals surface area contributed by atoms with Crippen LogP contribution < -0.4 is 0 Å². The highest BCUT2D eigenvalue weighted by Crippen LogP contribution is 2.30. The fourth-order valence-corrected chi connectivity index (χ4v) is 2.58. The van der Waals surface area contributed by atoms with Crippen LogP contribution in [0.3, 0.4) is 0 Å². The molecule has 0 saturated carbocycles. The first kappa shape index (κ1) is 15.0. The molecule has 1 saturated heterocycles. The minimum atomic E-state index is -0.888. The molecule has 5 nitrogen and oxygen atoms in total. The average molecular weight is 257 g/mol. The number of aliphatic carboxylic acids is 1. The Hall–Kier alpha value is -1.10. The second-order valence-electron chi connectivity index (χ2n) is 6.01. The summed E-state index contributed by atoms with van der Waals surface area (Å²) in [6.45, 7) is 6.23. The van der Waals surface area contributed by atoms with Crippen molar-refractivity contribution in [1.82, 2.24) is 4.90 Å². The predicted molar refractivity (Wildman–Crippen MR) is 67.0 cm³/mol. The van der Waals surface area contributed by atoms with E-state index in [4.69, 9.17) is 5.11 Å². The minimum absolute atomic E-state index is 0.0216. The van der Waals surface area contributed by atoms with Crippen LogP contribution in [0, 0.1) is 11.3 Å². The van der Waals surface area contributed by atoms with Crippen molar-refractivity contribution in [2.45, 2.75) is 46.1 Å². The molecule has 1 fully saturated rings. The summed E-state index contributed by atoms with van der Waals surface area (Å²) in [6, 6.07) is -0.113. The molecule has 0 aliphatic carbocycles. The highest BCUT2D eigenvalue weighted by molar-refractivity contribution is 5.78. The largest absolute Gasteiger partial charge is 0.481 e. The fourth-order valence-electron chi connectivity index (χ4n) is 2.58. The third-order valence-corrected chi connectivity index (χ3v) is 3.65. The lowest BCUT2D eigenvalue weighted by atomic mass is 9.85. The molecule has 18 heavy (non-hydrogen) atoms. The Morgan fingerprint density at radius 1 is 1.33 bits per heavy atom. The van der Waals surface area contributed by atoms with E-state index in [1.165, 1.54) is 0 Å². The van der Waals surface area contributed by atoms with Gasteiger partial charge in [-0.25, -0.2) is 0 Å². The quantitative estimate of drug-likeness (QED) is 0.773. The highest BCUT2D eigenvalue weighted by Gasteiger charge is 2.36. The van der Waals surface area contributed by atoms with Crippen LogP contribution in [0.4, 0.5) is 0 Å². The Balaban J connectivity index is 2.62. The van der Waals surface area contributed by atoms with Crippen LogP contribution in [-0.4, -0.2) is 46.2 Å². The summed E-state index contributed by atoms with van der Waals surface area (Å²) >= 11 is 0. The number of carbonyl (C=O) groups excluding carboxylic acids is 1. The number of amides is 1. The van der Waals surface area contributed by atoms with Crippen LogP contribution in [0.25, 0.3) is 0 Å². The molecule has 0 spiro atoms. The van der Waals surface area contributed by atoms with Crippen molar-refractivity contribution in [2.24, 2.45) is 11.3 Å². The first-order valence-corrected chi connectivity index (χ1v) is 6.39. The van der Waals surface area contributed by atoms with Gasteiger partial charge in [0.25, 0.3) is 0 Å². The minimum Gasteiger partial charge on any atom is -0.481 e. The second-order valence-corrected chi connectivity index (χ2v) is 6.01. The van der Waals surface area contributed by atoms with Gasteiger partial charge in [0.05, 0.1) is 19.1 Å². The van der Waals surface area contributed by atoms with E-state index in [-0.39, 0.29) is 31.4 Å². The average Bonchev–Trinajstić information content (AvgIpc) is 2.56. The van der Waals surface area contributed by atoms with Crippen molar-refractivity contribution in [3.05, 3.63) is 0 Å². The smallest absolute Gasteiger partial charge is 0.303 e. The first-order valence-electron chi connectivity index (χ1n) is 6.39. The van der Waals surface area contributed by atoms with E-state index < -0.39 is 11.4 Å². The third kappa shape index (κ3) is 3.70. The summed E-state index contributed by atoms with van der Waals surface area (Å²) in [5, 5.41) is 18.1. The molecule has 104 valence electrons. The molecule has 0 aromatic heterocycles. The van der Waals surface area contributed by atoms with Gasteiger partial charge in [-0.1, -0.05) is 20.8 Å². The Kier molecular flexibility index (Phi) is 4.73. The molecule has 1 aliphatic heterocycles. The van der Waals surface area contributed by atoms with Gasteiger partial charge in [-0.2, -0.15) is 0 Å². The van der Waals surface area contributed by atoms with E-state index in [1.807, 2.05) is 6.92 Å². The predicted octanol–water partition coefficient (Wildman–Crippen LogP) is 1.11. The molecular weight excluding hydrogens is 234 g/mol. The zero-order valence-corrected chi connectivity index (χ0v) is 11.3. The monoisotopic (exact) mass is 257 g/mol. The lowest BCUT2D eigenvalue weighted by Crippen LogP contribution is -2.41. The van der Waals surface area contributed by atoms with Crippen molar-refractivity contribution in [2.75, 3.05) is 13.2 Å². The normalized spacial score (nSPS) is 24.3. The number of carbonyl (C=O) groups is 2. The van der Waals surface area contributed by atoms with Gasteiger partial charge in [-0.3, -0.25) is 9.59 Å². The Bertz CT molecular complexity index is 327. The molecule has 2 unspecified atom stereocenters. The van der Waals surface area contributed by atoms with E-state index in [1.54, 1.807) is 18.7 Å². The SMILES string of the molecule is CC1CCN(C(=O)CC(C)(C)CC(=O)O)C1CO. The number of nitrogens with zero attached hydrogens (tertiary/aromatic N) is 1. The standard InChI is InChI=1S/C13H23NO4/c1-9-4-5-14(10(9)8-15)11(16)6-13(2,3)7-12(17)18/h9-10,15H,4-8H2,1-3H3,(H,17,18). The lowest BCUT2D eigenvalue weighted by molar-refractivity contribution is -0.141. The van der Waals surface area contributed by atoms with Crippen molar-refractivity contribution in [3.63, 3.8) is 0 Å². The molecule has 5 heteroatoms.